The van der Waals surface area contributed by atoms with Crippen LogP contribution < -0.4 is 4.74 Å². The number of hydrogen-bond acceptors (Lipinski definition) is 4. The lowest BCUT2D eigenvalue weighted by molar-refractivity contribution is -0.274. The maximum atomic E-state index is 12.4. The SMILES string of the molecule is Cc1cccc(C)c1CC(=S)CN=Cc1ccc2nc(-c3ccc(OC(F)(F)F)cc3)n(C)c2c1. The van der Waals surface area contributed by atoms with Crippen molar-refractivity contribution in [3.8, 4) is 17.1 Å². The smallest absolute Gasteiger partial charge is 0.406 e. The van der Waals surface area contributed by atoms with Crippen molar-refractivity contribution in [2.24, 2.45) is 12.0 Å². The molecule has 180 valence electrons. The van der Waals surface area contributed by atoms with Gasteiger partial charge in [-0.3, -0.25) is 4.99 Å². The number of nitrogens with zero attached hydrogens (tertiary/aromatic N) is 3. The second-order valence-electron chi connectivity index (χ2n) is 8.37. The molecule has 4 aromatic rings. The van der Waals surface area contributed by atoms with E-state index in [9.17, 15) is 13.2 Å². The second kappa shape index (κ2) is 10.00. The summed E-state index contributed by atoms with van der Waals surface area (Å²) >= 11 is 5.56. The zero-order valence-electron chi connectivity index (χ0n) is 19.6. The van der Waals surface area contributed by atoms with Gasteiger partial charge in [-0.1, -0.05) is 36.5 Å². The number of aliphatic imine (C=N–C) groups is 1. The molecule has 0 fully saturated rings. The summed E-state index contributed by atoms with van der Waals surface area (Å²) in [5.41, 5.74) is 6.99. The van der Waals surface area contributed by atoms with Crippen LogP contribution in [0.2, 0.25) is 0 Å². The lowest BCUT2D eigenvalue weighted by atomic mass is 9.99. The number of aromatic nitrogens is 2. The van der Waals surface area contributed by atoms with E-state index in [1.165, 1.54) is 28.8 Å². The molecular weight excluding hydrogens is 471 g/mol. The van der Waals surface area contributed by atoms with E-state index >= 15 is 0 Å². The topological polar surface area (TPSA) is 39.4 Å². The highest BCUT2D eigenvalue weighted by molar-refractivity contribution is 7.80. The van der Waals surface area contributed by atoms with Crippen molar-refractivity contribution in [2.75, 3.05) is 6.54 Å². The Bertz CT molecular complexity index is 1390. The van der Waals surface area contributed by atoms with Crippen LogP contribution in [0.15, 0.2) is 65.7 Å². The van der Waals surface area contributed by atoms with Gasteiger partial charge in [0.25, 0.3) is 0 Å². The second-order valence-corrected chi connectivity index (χ2v) is 8.95. The Morgan fingerprint density at radius 1 is 1.06 bits per heavy atom. The fourth-order valence-corrected chi connectivity index (χ4v) is 4.20. The highest BCUT2D eigenvalue weighted by Crippen LogP contribution is 2.28. The first-order chi connectivity index (χ1) is 16.6. The van der Waals surface area contributed by atoms with Gasteiger partial charge < -0.3 is 9.30 Å². The van der Waals surface area contributed by atoms with Crippen LogP contribution >= 0.6 is 12.2 Å². The van der Waals surface area contributed by atoms with Crippen molar-refractivity contribution in [3.05, 3.63) is 82.9 Å². The predicted molar refractivity (Wildman–Crippen MR) is 138 cm³/mol. The van der Waals surface area contributed by atoms with Gasteiger partial charge in [-0.05, 0) is 72.5 Å². The summed E-state index contributed by atoms with van der Waals surface area (Å²) in [7, 11) is 1.87. The van der Waals surface area contributed by atoms with Crippen molar-refractivity contribution in [3.63, 3.8) is 0 Å². The lowest BCUT2D eigenvalue weighted by Gasteiger charge is -2.09. The third kappa shape index (κ3) is 5.95. The fraction of sp³-hybridized carbons (Fsp3) is 0.222. The molecule has 35 heavy (non-hydrogen) atoms. The number of hydrogen-bond donors (Lipinski definition) is 0. The average molecular weight is 496 g/mol. The van der Waals surface area contributed by atoms with Crippen molar-refractivity contribution < 1.29 is 17.9 Å². The van der Waals surface area contributed by atoms with Gasteiger partial charge in [0.05, 0.1) is 17.6 Å². The first kappa shape index (κ1) is 24.6. The predicted octanol–water partition coefficient (Wildman–Crippen LogP) is 6.79. The summed E-state index contributed by atoms with van der Waals surface area (Å²) in [6.45, 7) is 4.65. The number of fused-ring (bicyclic) bond motifs is 1. The molecule has 4 rings (SSSR count). The molecule has 1 aromatic heterocycles. The molecule has 0 saturated carbocycles. The number of imidazole rings is 1. The zero-order chi connectivity index (χ0) is 25.2. The minimum absolute atomic E-state index is 0.269. The van der Waals surface area contributed by atoms with Crippen LogP contribution in [0.3, 0.4) is 0 Å². The maximum absolute atomic E-state index is 12.4. The molecule has 0 unspecified atom stereocenters. The Kier molecular flexibility index (Phi) is 7.03. The molecule has 0 N–H and O–H groups in total. The van der Waals surface area contributed by atoms with Crippen LogP contribution in [0.5, 0.6) is 5.75 Å². The van der Waals surface area contributed by atoms with Gasteiger partial charge in [-0.25, -0.2) is 4.98 Å². The number of halogens is 3. The Labute approximate surface area is 207 Å². The summed E-state index contributed by atoms with van der Waals surface area (Å²) in [6.07, 6.45) is -2.20. The summed E-state index contributed by atoms with van der Waals surface area (Å²) in [5.74, 6) is 0.372. The zero-order valence-corrected chi connectivity index (χ0v) is 20.4. The fourth-order valence-electron chi connectivity index (χ4n) is 3.98. The van der Waals surface area contributed by atoms with Gasteiger partial charge in [-0.15, -0.1) is 13.2 Å². The third-order valence-electron chi connectivity index (χ3n) is 5.78. The Morgan fingerprint density at radius 2 is 1.74 bits per heavy atom. The molecular formula is C27H24F3N3OS. The third-order valence-corrected chi connectivity index (χ3v) is 6.05. The van der Waals surface area contributed by atoms with Gasteiger partial charge in [-0.2, -0.15) is 0 Å². The van der Waals surface area contributed by atoms with E-state index in [1.54, 1.807) is 18.3 Å². The molecule has 0 amide bonds. The Balaban J connectivity index is 1.48. The van der Waals surface area contributed by atoms with Crippen LogP contribution in [0.1, 0.15) is 22.3 Å². The molecule has 3 aromatic carbocycles. The summed E-state index contributed by atoms with van der Waals surface area (Å²) in [4.78, 5) is 10.0. The molecule has 0 radical (unpaired) electrons. The molecule has 4 nitrogen and oxygen atoms in total. The number of thiocarbonyl (C=S) groups is 1. The highest BCUT2D eigenvalue weighted by Gasteiger charge is 2.31. The molecule has 0 aliphatic carbocycles. The number of rotatable bonds is 7. The van der Waals surface area contributed by atoms with E-state index in [4.69, 9.17) is 12.2 Å². The van der Waals surface area contributed by atoms with Crippen LogP contribution in [0.4, 0.5) is 13.2 Å². The first-order valence-corrected chi connectivity index (χ1v) is 11.4. The molecule has 0 spiro atoms. The maximum Gasteiger partial charge on any atom is 0.573 e. The van der Waals surface area contributed by atoms with E-state index < -0.39 is 6.36 Å². The number of benzene rings is 3. The van der Waals surface area contributed by atoms with Crippen molar-refractivity contribution in [1.29, 1.82) is 0 Å². The van der Waals surface area contributed by atoms with Gasteiger partial charge in [0.15, 0.2) is 0 Å². The molecule has 0 aliphatic heterocycles. The summed E-state index contributed by atoms with van der Waals surface area (Å²) in [6, 6.07) is 17.7. The van der Waals surface area contributed by atoms with E-state index in [0.29, 0.717) is 17.9 Å². The number of aryl methyl sites for hydroxylation is 3. The van der Waals surface area contributed by atoms with Crippen molar-refractivity contribution in [1.82, 2.24) is 9.55 Å². The van der Waals surface area contributed by atoms with Gasteiger partial charge >= 0.3 is 6.36 Å². The number of ether oxygens (including phenoxy) is 1. The molecule has 8 heteroatoms. The van der Waals surface area contributed by atoms with E-state index in [1.807, 2.05) is 35.9 Å². The largest absolute Gasteiger partial charge is 0.573 e. The Morgan fingerprint density at radius 3 is 2.40 bits per heavy atom. The van der Waals surface area contributed by atoms with Crippen molar-refractivity contribution in [2.45, 2.75) is 26.6 Å². The van der Waals surface area contributed by atoms with Crippen LogP contribution in [0, 0.1) is 13.8 Å². The van der Waals surface area contributed by atoms with Crippen molar-refractivity contribution >= 4 is 34.3 Å². The highest BCUT2D eigenvalue weighted by atomic mass is 32.1. The lowest BCUT2D eigenvalue weighted by Crippen LogP contribution is -2.16. The first-order valence-electron chi connectivity index (χ1n) is 11.0. The van der Waals surface area contributed by atoms with E-state index in [2.05, 4.69) is 40.7 Å². The molecule has 0 saturated heterocycles. The molecule has 0 atom stereocenters. The van der Waals surface area contributed by atoms with Gasteiger partial charge in [0, 0.05) is 30.1 Å². The van der Waals surface area contributed by atoms with Crippen LogP contribution in [-0.2, 0) is 13.5 Å². The molecule has 0 bridgehead atoms. The molecule has 1 heterocycles. The summed E-state index contributed by atoms with van der Waals surface area (Å²) in [5, 5.41) is 0. The van der Waals surface area contributed by atoms with E-state index in [-0.39, 0.29) is 5.75 Å². The minimum Gasteiger partial charge on any atom is -0.406 e. The Hall–Kier alpha value is -3.52. The van der Waals surface area contributed by atoms with Crippen LogP contribution in [0.25, 0.3) is 22.4 Å². The van der Waals surface area contributed by atoms with Gasteiger partial charge in [0.1, 0.15) is 11.6 Å². The molecule has 0 aliphatic rings. The number of alkyl halides is 3. The normalized spacial score (nSPS) is 11.9. The summed E-state index contributed by atoms with van der Waals surface area (Å²) < 4.78 is 43.1. The quantitative estimate of drug-likeness (QED) is 0.209. The standard InChI is InChI=1S/C27H24F3N3OS/c1-17-5-4-6-18(2)23(17)14-22(35)16-31-15-19-7-12-24-25(13-19)33(3)26(32-24)20-8-10-21(11-9-20)34-27(28,29)30/h4-13,15H,14,16H2,1-3H3. The van der Waals surface area contributed by atoms with Gasteiger partial charge in [0.2, 0.25) is 0 Å². The monoisotopic (exact) mass is 495 g/mol. The van der Waals surface area contributed by atoms with E-state index in [0.717, 1.165) is 27.9 Å². The minimum atomic E-state index is -4.72. The van der Waals surface area contributed by atoms with Crippen LogP contribution in [-0.4, -0.2) is 33.5 Å². The average Bonchev–Trinajstić information content (AvgIpc) is 3.12.